The van der Waals surface area contributed by atoms with Gasteiger partial charge >= 0.3 is 0 Å². The average molecular weight is 345 g/mol. The summed E-state index contributed by atoms with van der Waals surface area (Å²) in [6.45, 7) is 21.9. The van der Waals surface area contributed by atoms with Gasteiger partial charge in [0, 0.05) is 0 Å². The van der Waals surface area contributed by atoms with E-state index in [2.05, 4.69) is 61.1 Å². The standard InChI is InChI=1S/C25H44/c1-9-11-21(22-17(4)20(22)10-2)25(8)15-19(24(5,6)7)14-16(3)23(25)18-12-13-18/h9,16-23H,1,10-15H2,2-8H3. The maximum Gasteiger partial charge on any atom is -0.0255 e. The van der Waals surface area contributed by atoms with Crippen molar-refractivity contribution in [3.8, 4) is 0 Å². The molecule has 0 N–H and O–H groups in total. The molecule has 8 unspecified atom stereocenters. The zero-order valence-corrected chi connectivity index (χ0v) is 18.1. The molecule has 0 aromatic heterocycles. The van der Waals surface area contributed by atoms with Crippen LogP contribution in [-0.2, 0) is 0 Å². The van der Waals surface area contributed by atoms with Crippen molar-refractivity contribution in [2.24, 2.45) is 58.2 Å². The van der Waals surface area contributed by atoms with Gasteiger partial charge in [0.05, 0.1) is 0 Å². The van der Waals surface area contributed by atoms with Crippen molar-refractivity contribution < 1.29 is 0 Å². The molecule has 0 aliphatic heterocycles. The summed E-state index contributed by atoms with van der Waals surface area (Å²) in [6.07, 6.45) is 10.8. The van der Waals surface area contributed by atoms with Crippen LogP contribution in [-0.4, -0.2) is 0 Å². The normalized spacial score (nSPS) is 45.9. The molecule has 25 heavy (non-hydrogen) atoms. The third-order valence-electron chi connectivity index (χ3n) is 8.91. The van der Waals surface area contributed by atoms with Crippen molar-refractivity contribution in [2.75, 3.05) is 0 Å². The van der Waals surface area contributed by atoms with Crippen LogP contribution in [0.4, 0.5) is 0 Å². The van der Waals surface area contributed by atoms with E-state index in [9.17, 15) is 0 Å². The van der Waals surface area contributed by atoms with E-state index in [-0.39, 0.29) is 0 Å². The van der Waals surface area contributed by atoms with Crippen LogP contribution in [0.5, 0.6) is 0 Å². The third kappa shape index (κ3) is 3.49. The fourth-order valence-electron chi connectivity index (χ4n) is 7.45. The molecule has 0 heterocycles. The lowest BCUT2D eigenvalue weighted by Crippen LogP contribution is -2.48. The fourth-order valence-corrected chi connectivity index (χ4v) is 7.45. The number of rotatable bonds is 6. The molecule has 0 aromatic rings. The minimum atomic E-state index is 0.447. The Morgan fingerprint density at radius 1 is 1.20 bits per heavy atom. The zero-order chi connectivity index (χ0) is 18.6. The van der Waals surface area contributed by atoms with Crippen LogP contribution in [0.2, 0.25) is 0 Å². The Morgan fingerprint density at radius 2 is 1.84 bits per heavy atom. The Hall–Kier alpha value is -0.260. The van der Waals surface area contributed by atoms with E-state index in [4.69, 9.17) is 0 Å². The molecule has 3 aliphatic rings. The lowest BCUT2D eigenvalue weighted by Gasteiger charge is -2.56. The highest BCUT2D eigenvalue weighted by Gasteiger charge is 2.60. The Kier molecular flexibility index (Phi) is 5.24. The molecule has 0 amide bonds. The summed E-state index contributed by atoms with van der Waals surface area (Å²) >= 11 is 0. The molecule has 0 radical (unpaired) electrons. The SMILES string of the molecule is C=CCC(C1C(C)C1CC)C1(C)CC(C(C)(C)C)CC(C)C1C1CC1. The molecule has 3 fully saturated rings. The van der Waals surface area contributed by atoms with Crippen LogP contribution in [0.1, 0.15) is 87.0 Å². The van der Waals surface area contributed by atoms with Gasteiger partial charge in [-0.3, -0.25) is 0 Å². The van der Waals surface area contributed by atoms with Gasteiger partial charge in [-0.05, 0) is 90.3 Å². The summed E-state index contributed by atoms with van der Waals surface area (Å²) in [6, 6.07) is 0. The van der Waals surface area contributed by atoms with Gasteiger partial charge in [0.15, 0.2) is 0 Å². The highest BCUT2D eigenvalue weighted by molar-refractivity contribution is 5.10. The van der Waals surface area contributed by atoms with E-state index in [1.807, 2.05) is 0 Å². The maximum absolute atomic E-state index is 4.18. The van der Waals surface area contributed by atoms with Crippen LogP contribution in [0.3, 0.4) is 0 Å². The van der Waals surface area contributed by atoms with Crippen molar-refractivity contribution in [3.63, 3.8) is 0 Å². The van der Waals surface area contributed by atoms with Gasteiger partial charge in [-0.1, -0.05) is 61.0 Å². The molecule has 0 nitrogen and oxygen atoms in total. The van der Waals surface area contributed by atoms with E-state index in [0.717, 1.165) is 47.3 Å². The third-order valence-corrected chi connectivity index (χ3v) is 8.91. The molecule has 0 heteroatoms. The van der Waals surface area contributed by atoms with Gasteiger partial charge in [0.1, 0.15) is 0 Å². The Labute approximate surface area is 158 Å². The number of allylic oxidation sites excluding steroid dienone is 1. The minimum absolute atomic E-state index is 0.447. The molecular weight excluding hydrogens is 300 g/mol. The zero-order valence-electron chi connectivity index (χ0n) is 18.1. The molecular formula is C25H44. The fraction of sp³-hybridized carbons (Fsp3) is 0.920. The summed E-state index contributed by atoms with van der Waals surface area (Å²) in [5, 5.41) is 0. The van der Waals surface area contributed by atoms with Crippen LogP contribution < -0.4 is 0 Å². The summed E-state index contributed by atoms with van der Waals surface area (Å²) < 4.78 is 0. The molecule has 3 aliphatic carbocycles. The van der Waals surface area contributed by atoms with E-state index in [0.29, 0.717) is 10.8 Å². The molecule has 8 atom stereocenters. The molecule has 144 valence electrons. The second-order valence-corrected chi connectivity index (χ2v) is 11.5. The minimum Gasteiger partial charge on any atom is -0.103 e. The van der Waals surface area contributed by atoms with Crippen LogP contribution in [0.15, 0.2) is 12.7 Å². The smallest absolute Gasteiger partial charge is 0.0255 e. The number of hydrogen-bond donors (Lipinski definition) is 0. The van der Waals surface area contributed by atoms with Gasteiger partial charge in [0.25, 0.3) is 0 Å². The highest BCUT2D eigenvalue weighted by atomic mass is 14.7. The first-order valence-electron chi connectivity index (χ1n) is 11.3. The lowest BCUT2D eigenvalue weighted by molar-refractivity contribution is -0.0667. The van der Waals surface area contributed by atoms with E-state index in [1.54, 1.807) is 0 Å². The van der Waals surface area contributed by atoms with Crippen molar-refractivity contribution in [1.29, 1.82) is 0 Å². The average Bonchev–Trinajstić information content (AvgIpc) is 3.41. The summed E-state index contributed by atoms with van der Waals surface area (Å²) in [4.78, 5) is 0. The van der Waals surface area contributed by atoms with Crippen LogP contribution in [0, 0.1) is 58.2 Å². The highest BCUT2D eigenvalue weighted by Crippen LogP contribution is 2.67. The first kappa shape index (κ1) is 19.5. The summed E-state index contributed by atoms with van der Waals surface area (Å²) in [7, 11) is 0. The molecule has 0 bridgehead atoms. The van der Waals surface area contributed by atoms with Gasteiger partial charge < -0.3 is 0 Å². The van der Waals surface area contributed by atoms with E-state index in [1.165, 1.54) is 38.5 Å². The molecule has 0 aromatic carbocycles. The predicted molar refractivity (Wildman–Crippen MR) is 110 cm³/mol. The van der Waals surface area contributed by atoms with Crippen molar-refractivity contribution >= 4 is 0 Å². The monoisotopic (exact) mass is 344 g/mol. The first-order chi connectivity index (χ1) is 11.6. The quantitative estimate of drug-likeness (QED) is 0.435. The Morgan fingerprint density at radius 3 is 2.28 bits per heavy atom. The topological polar surface area (TPSA) is 0 Å². The Bertz CT molecular complexity index is 479. The molecule has 0 saturated heterocycles. The van der Waals surface area contributed by atoms with Gasteiger partial charge in [0.2, 0.25) is 0 Å². The van der Waals surface area contributed by atoms with Gasteiger partial charge in [-0.25, -0.2) is 0 Å². The van der Waals surface area contributed by atoms with Crippen molar-refractivity contribution in [1.82, 2.24) is 0 Å². The van der Waals surface area contributed by atoms with Crippen molar-refractivity contribution in [3.05, 3.63) is 12.7 Å². The number of hydrogen-bond acceptors (Lipinski definition) is 0. The Balaban J connectivity index is 1.94. The van der Waals surface area contributed by atoms with Gasteiger partial charge in [-0.15, -0.1) is 6.58 Å². The van der Waals surface area contributed by atoms with E-state index < -0.39 is 0 Å². The summed E-state index contributed by atoms with van der Waals surface area (Å²) in [5.41, 5.74) is 0.968. The van der Waals surface area contributed by atoms with E-state index >= 15 is 0 Å². The second kappa shape index (κ2) is 6.72. The summed E-state index contributed by atoms with van der Waals surface area (Å²) in [5.74, 6) is 7.51. The van der Waals surface area contributed by atoms with Crippen molar-refractivity contribution in [2.45, 2.75) is 87.0 Å². The maximum atomic E-state index is 4.18. The van der Waals surface area contributed by atoms with Gasteiger partial charge in [-0.2, -0.15) is 0 Å². The molecule has 0 spiro atoms. The first-order valence-corrected chi connectivity index (χ1v) is 11.3. The van der Waals surface area contributed by atoms with Crippen LogP contribution >= 0.6 is 0 Å². The molecule has 3 saturated carbocycles. The second-order valence-electron chi connectivity index (χ2n) is 11.5. The largest absolute Gasteiger partial charge is 0.103 e. The molecule has 3 rings (SSSR count). The lowest BCUT2D eigenvalue weighted by atomic mass is 9.49. The van der Waals surface area contributed by atoms with Crippen LogP contribution in [0.25, 0.3) is 0 Å². The predicted octanol–water partition coefficient (Wildman–Crippen LogP) is 7.60.